The first-order valence-corrected chi connectivity index (χ1v) is 5.30. The van der Waals surface area contributed by atoms with Crippen molar-refractivity contribution in [2.75, 3.05) is 6.61 Å². The third-order valence-corrected chi connectivity index (χ3v) is 2.99. The average molecular weight is 242 g/mol. The number of aliphatic hydroxyl groups excluding tert-OH is 2. The van der Waals surface area contributed by atoms with Crippen molar-refractivity contribution in [1.29, 1.82) is 0 Å². The van der Waals surface area contributed by atoms with Gasteiger partial charge in [-0.1, -0.05) is 6.92 Å². The second kappa shape index (κ2) is 4.44. The predicted octanol–water partition coefficient (Wildman–Crippen LogP) is -1.58. The van der Waals surface area contributed by atoms with E-state index in [2.05, 4.69) is 4.98 Å². The summed E-state index contributed by atoms with van der Waals surface area (Å²) in [7, 11) is 0. The summed E-state index contributed by atoms with van der Waals surface area (Å²) in [6.07, 6.45) is -0.932. The topological polar surface area (TPSA) is 105 Å². The molecule has 2 heterocycles. The molecule has 2 rings (SSSR count). The molecule has 1 fully saturated rings. The number of hydrogen-bond acceptors (Lipinski definition) is 5. The van der Waals surface area contributed by atoms with Crippen LogP contribution >= 0.6 is 0 Å². The minimum atomic E-state index is -0.844. The second-order valence-electron chi connectivity index (χ2n) is 4.11. The summed E-state index contributed by atoms with van der Waals surface area (Å²) in [6.45, 7) is 1.39. The maximum atomic E-state index is 11.6. The molecule has 0 amide bonds. The first-order chi connectivity index (χ1) is 8.04. The maximum Gasteiger partial charge on any atom is 0.330 e. The van der Waals surface area contributed by atoms with Crippen LogP contribution in [-0.2, 0) is 4.74 Å². The fraction of sp³-hybridized carbons (Fsp3) is 0.600. The van der Waals surface area contributed by atoms with Crippen LogP contribution < -0.4 is 11.2 Å². The van der Waals surface area contributed by atoms with Gasteiger partial charge < -0.3 is 14.9 Å². The lowest BCUT2D eigenvalue weighted by Crippen LogP contribution is -2.33. The largest absolute Gasteiger partial charge is 0.394 e. The number of aromatic nitrogens is 2. The highest BCUT2D eigenvalue weighted by molar-refractivity contribution is 4.91. The normalized spacial score (nSPS) is 32.9. The molecule has 3 N–H and O–H groups in total. The molecule has 1 aromatic rings. The van der Waals surface area contributed by atoms with Crippen LogP contribution in [-0.4, -0.2) is 38.6 Å². The fourth-order valence-corrected chi connectivity index (χ4v) is 1.99. The highest BCUT2D eigenvalue weighted by Crippen LogP contribution is 2.32. The van der Waals surface area contributed by atoms with E-state index in [1.165, 1.54) is 16.8 Å². The molecule has 94 valence electrons. The Morgan fingerprint density at radius 3 is 2.76 bits per heavy atom. The fourth-order valence-electron chi connectivity index (χ4n) is 1.99. The van der Waals surface area contributed by atoms with E-state index >= 15 is 0 Å². The summed E-state index contributed by atoms with van der Waals surface area (Å²) >= 11 is 0. The minimum absolute atomic E-state index is 0.319. The molecule has 0 aromatic carbocycles. The van der Waals surface area contributed by atoms with Crippen LogP contribution in [0.4, 0.5) is 0 Å². The molecule has 7 heteroatoms. The molecule has 1 aliphatic rings. The van der Waals surface area contributed by atoms with Gasteiger partial charge in [-0.25, -0.2) is 4.79 Å². The molecule has 0 saturated carbocycles. The number of H-pyrrole nitrogens is 1. The molecule has 0 radical (unpaired) electrons. The third-order valence-electron chi connectivity index (χ3n) is 2.99. The van der Waals surface area contributed by atoms with Crippen LogP contribution in [0, 0.1) is 5.92 Å². The van der Waals surface area contributed by atoms with Gasteiger partial charge in [0.25, 0.3) is 5.56 Å². The lowest BCUT2D eigenvalue weighted by Gasteiger charge is -2.17. The number of hydrogen-bond donors (Lipinski definition) is 3. The molecule has 0 bridgehead atoms. The first-order valence-electron chi connectivity index (χ1n) is 5.30. The first kappa shape index (κ1) is 12.0. The van der Waals surface area contributed by atoms with Gasteiger partial charge in [-0.15, -0.1) is 0 Å². The van der Waals surface area contributed by atoms with E-state index in [0.717, 1.165) is 0 Å². The molecule has 4 atom stereocenters. The Hall–Kier alpha value is -1.44. The molecule has 1 aliphatic heterocycles. The number of aromatic amines is 1. The van der Waals surface area contributed by atoms with Crippen molar-refractivity contribution in [3.63, 3.8) is 0 Å². The van der Waals surface area contributed by atoms with Gasteiger partial charge in [-0.2, -0.15) is 0 Å². The Morgan fingerprint density at radius 1 is 1.53 bits per heavy atom. The van der Waals surface area contributed by atoms with Gasteiger partial charge in [-0.3, -0.25) is 14.3 Å². The summed E-state index contributed by atoms with van der Waals surface area (Å²) in [5.74, 6) is -0.351. The highest BCUT2D eigenvalue weighted by Gasteiger charge is 2.41. The molecule has 0 spiro atoms. The number of ether oxygens (including phenoxy) is 1. The van der Waals surface area contributed by atoms with Crippen LogP contribution in [0.1, 0.15) is 13.2 Å². The zero-order chi connectivity index (χ0) is 12.6. The van der Waals surface area contributed by atoms with Crippen LogP contribution in [0.3, 0.4) is 0 Å². The van der Waals surface area contributed by atoms with Gasteiger partial charge in [0, 0.05) is 18.2 Å². The van der Waals surface area contributed by atoms with E-state index in [1.54, 1.807) is 6.92 Å². The molecule has 17 heavy (non-hydrogen) atoms. The minimum Gasteiger partial charge on any atom is -0.394 e. The van der Waals surface area contributed by atoms with Crippen molar-refractivity contribution in [3.05, 3.63) is 33.1 Å². The molecular weight excluding hydrogens is 228 g/mol. The number of rotatable bonds is 2. The average Bonchev–Trinajstić information content (AvgIpc) is 2.57. The second-order valence-corrected chi connectivity index (χ2v) is 4.11. The van der Waals surface area contributed by atoms with Crippen LogP contribution in [0.15, 0.2) is 21.9 Å². The summed E-state index contributed by atoms with van der Waals surface area (Å²) in [6, 6.07) is 1.20. The van der Waals surface area contributed by atoms with Gasteiger partial charge in [0.1, 0.15) is 12.3 Å². The summed E-state index contributed by atoms with van der Waals surface area (Å²) < 4.78 is 6.58. The van der Waals surface area contributed by atoms with E-state index in [0.29, 0.717) is 0 Å². The van der Waals surface area contributed by atoms with Crippen molar-refractivity contribution in [2.45, 2.75) is 25.4 Å². The molecule has 1 unspecified atom stereocenters. The van der Waals surface area contributed by atoms with Crippen molar-refractivity contribution in [3.8, 4) is 0 Å². The number of aliphatic hydroxyl groups is 2. The van der Waals surface area contributed by atoms with Gasteiger partial charge in [-0.05, 0) is 0 Å². The van der Waals surface area contributed by atoms with E-state index in [1.807, 2.05) is 0 Å². The van der Waals surface area contributed by atoms with Gasteiger partial charge >= 0.3 is 5.69 Å². The number of nitrogens with one attached hydrogen (secondary N) is 1. The predicted molar refractivity (Wildman–Crippen MR) is 57.5 cm³/mol. The molecule has 1 aromatic heterocycles. The van der Waals surface area contributed by atoms with Crippen molar-refractivity contribution in [1.82, 2.24) is 9.55 Å². The summed E-state index contributed by atoms with van der Waals surface area (Å²) in [4.78, 5) is 24.6. The lowest BCUT2D eigenvalue weighted by atomic mass is 10.0. The van der Waals surface area contributed by atoms with E-state index in [-0.39, 0.29) is 12.5 Å². The van der Waals surface area contributed by atoms with E-state index in [4.69, 9.17) is 9.84 Å². The Kier molecular flexibility index (Phi) is 3.14. The standard InChI is InChI=1S/C10H14N2O5/c1-5-8(15)6(4-13)17-9(5)12-3-2-7(14)11-10(12)16/h2-3,5-6,8-9,13,15H,4H2,1H3,(H,11,14,16)/t5-,6?,8-,9+/m0/s1. The number of nitrogens with zero attached hydrogens (tertiary/aromatic N) is 1. The summed E-state index contributed by atoms with van der Waals surface area (Å²) in [5, 5.41) is 18.8. The SMILES string of the molecule is C[C@H]1[C@H](O)C(CO)O[C@H]1n1ccc(=O)[nH]c1=O. The van der Waals surface area contributed by atoms with Crippen molar-refractivity contribution in [2.24, 2.45) is 5.92 Å². The molecule has 7 nitrogen and oxygen atoms in total. The molecule has 1 saturated heterocycles. The van der Waals surface area contributed by atoms with Crippen LogP contribution in [0.2, 0.25) is 0 Å². The van der Waals surface area contributed by atoms with Gasteiger partial charge in [0.2, 0.25) is 0 Å². The highest BCUT2D eigenvalue weighted by atomic mass is 16.5. The van der Waals surface area contributed by atoms with Crippen molar-refractivity contribution >= 4 is 0 Å². The van der Waals surface area contributed by atoms with Crippen LogP contribution in [0.5, 0.6) is 0 Å². The Balaban J connectivity index is 2.35. The smallest absolute Gasteiger partial charge is 0.330 e. The lowest BCUT2D eigenvalue weighted by molar-refractivity contribution is -0.0477. The Morgan fingerprint density at radius 2 is 2.24 bits per heavy atom. The quantitative estimate of drug-likeness (QED) is 0.580. The molecule has 0 aliphatic carbocycles. The molecular formula is C10H14N2O5. The summed E-state index contributed by atoms with van der Waals surface area (Å²) in [5.41, 5.74) is -1.09. The zero-order valence-electron chi connectivity index (χ0n) is 9.24. The zero-order valence-corrected chi connectivity index (χ0v) is 9.24. The van der Waals surface area contributed by atoms with Crippen molar-refractivity contribution < 1.29 is 14.9 Å². The Labute approximate surface area is 96.3 Å². The monoisotopic (exact) mass is 242 g/mol. The maximum absolute atomic E-state index is 11.6. The third kappa shape index (κ3) is 2.04. The van der Waals surface area contributed by atoms with E-state index in [9.17, 15) is 14.7 Å². The van der Waals surface area contributed by atoms with E-state index < -0.39 is 29.7 Å². The van der Waals surface area contributed by atoms with Gasteiger partial charge in [0.15, 0.2) is 0 Å². The van der Waals surface area contributed by atoms with Crippen LogP contribution in [0.25, 0.3) is 0 Å². The Bertz CT molecular complexity index is 508. The van der Waals surface area contributed by atoms with Gasteiger partial charge in [0.05, 0.1) is 12.7 Å².